The standard InChI is InChI=1S/C15H29NO/c1-2-4-13-5-3-9-15(16,10-6-13)14-7-11-17-12-8-14/h13-14H,2-12,16H2,1H3. The lowest BCUT2D eigenvalue weighted by molar-refractivity contribution is 0.0339. The van der Waals surface area contributed by atoms with Crippen LogP contribution in [0.15, 0.2) is 0 Å². The van der Waals surface area contributed by atoms with E-state index in [0.717, 1.165) is 25.0 Å². The van der Waals surface area contributed by atoms with Gasteiger partial charge in [0.25, 0.3) is 0 Å². The predicted octanol–water partition coefficient (Wildman–Crippen LogP) is 3.49. The Morgan fingerprint density at radius 3 is 2.59 bits per heavy atom. The van der Waals surface area contributed by atoms with Crippen molar-refractivity contribution in [1.29, 1.82) is 0 Å². The van der Waals surface area contributed by atoms with Crippen LogP contribution in [0, 0.1) is 11.8 Å². The first-order valence-corrected chi connectivity index (χ1v) is 7.61. The van der Waals surface area contributed by atoms with Gasteiger partial charge < -0.3 is 10.5 Å². The van der Waals surface area contributed by atoms with E-state index in [-0.39, 0.29) is 5.54 Å². The quantitative estimate of drug-likeness (QED) is 0.765. The van der Waals surface area contributed by atoms with Gasteiger partial charge in [-0.3, -0.25) is 0 Å². The number of ether oxygens (including phenoxy) is 1. The Bertz CT molecular complexity index is 225. The largest absolute Gasteiger partial charge is 0.381 e. The van der Waals surface area contributed by atoms with Crippen LogP contribution in [0.3, 0.4) is 0 Å². The smallest absolute Gasteiger partial charge is 0.0469 e. The Morgan fingerprint density at radius 2 is 1.88 bits per heavy atom. The summed E-state index contributed by atoms with van der Waals surface area (Å²) in [5.41, 5.74) is 6.87. The van der Waals surface area contributed by atoms with Crippen LogP contribution in [-0.4, -0.2) is 18.8 Å². The van der Waals surface area contributed by atoms with Gasteiger partial charge in [0.15, 0.2) is 0 Å². The van der Waals surface area contributed by atoms with Gasteiger partial charge in [0.1, 0.15) is 0 Å². The third kappa shape index (κ3) is 3.45. The highest BCUT2D eigenvalue weighted by Gasteiger charge is 2.37. The number of nitrogens with two attached hydrogens (primary N) is 1. The molecule has 2 nitrogen and oxygen atoms in total. The van der Waals surface area contributed by atoms with Crippen molar-refractivity contribution in [2.24, 2.45) is 17.6 Å². The molecule has 2 rings (SSSR count). The van der Waals surface area contributed by atoms with E-state index in [0.29, 0.717) is 0 Å². The van der Waals surface area contributed by atoms with Gasteiger partial charge in [0.2, 0.25) is 0 Å². The lowest BCUT2D eigenvalue weighted by Gasteiger charge is -2.39. The van der Waals surface area contributed by atoms with Crippen LogP contribution in [-0.2, 0) is 4.74 Å². The molecule has 2 N–H and O–H groups in total. The van der Waals surface area contributed by atoms with Crippen LogP contribution in [0.2, 0.25) is 0 Å². The van der Waals surface area contributed by atoms with Crippen LogP contribution in [0.4, 0.5) is 0 Å². The van der Waals surface area contributed by atoms with Gasteiger partial charge in [0, 0.05) is 18.8 Å². The second-order valence-electron chi connectivity index (χ2n) is 6.21. The topological polar surface area (TPSA) is 35.2 Å². The van der Waals surface area contributed by atoms with Crippen molar-refractivity contribution < 1.29 is 4.74 Å². The van der Waals surface area contributed by atoms with Crippen LogP contribution in [0.5, 0.6) is 0 Å². The molecule has 100 valence electrons. The minimum Gasteiger partial charge on any atom is -0.381 e. The molecule has 0 amide bonds. The fourth-order valence-electron chi connectivity index (χ4n) is 3.84. The third-order valence-corrected chi connectivity index (χ3v) is 5.00. The lowest BCUT2D eigenvalue weighted by Crippen LogP contribution is -2.48. The van der Waals surface area contributed by atoms with Crippen molar-refractivity contribution >= 4 is 0 Å². The molecule has 1 aliphatic carbocycles. The van der Waals surface area contributed by atoms with Gasteiger partial charge >= 0.3 is 0 Å². The average molecular weight is 239 g/mol. The Morgan fingerprint density at radius 1 is 1.12 bits per heavy atom. The van der Waals surface area contributed by atoms with Gasteiger partial charge in [-0.05, 0) is 43.9 Å². The van der Waals surface area contributed by atoms with Crippen molar-refractivity contribution in [1.82, 2.24) is 0 Å². The van der Waals surface area contributed by atoms with Crippen molar-refractivity contribution in [3.8, 4) is 0 Å². The third-order valence-electron chi connectivity index (χ3n) is 5.00. The first kappa shape index (κ1) is 13.4. The summed E-state index contributed by atoms with van der Waals surface area (Å²) in [7, 11) is 0. The summed E-state index contributed by atoms with van der Waals surface area (Å²) in [6.07, 6.45) is 11.7. The molecule has 1 saturated heterocycles. The van der Waals surface area contributed by atoms with E-state index in [2.05, 4.69) is 6.92 Å². The van der Waals surface area contributed by atoms with Crippen molar-refractivity contribution in [2.75, 3.05) is 13.2 Å². The highest BCUT2D eigenvalue weighted by atomic mass is 16.5. The first-order chi connectivity index (χ1) is 8.24. The maximum absolute atomic E-state index is 6.74. The van der Waals surface area contributed by atoms with E-state index < -0.39 is 0 Å². The molecule has 1 aliphatic heterocycles. The SMILES string of the molecule is CCCC1CCCC(N)(C2CCOCC2)CC1. The fraction of sp³-hybridized carbons (Fsp3) is 1.00. The molecule has 2 heteroatoms. The highest BCUT2D eigenvalue weighted by Crippen LogP contribution is 2.38. The lowest BCUT2D eigenvalue weighted by atomic mass is 9.74. The summed E-state index contributed by atoms with van der Waals surface area (Å²) in [5.74, 6) is 1.67. The van der Waals surface area contributed by atoms with E-state index in [1.165, 1.54) is 57.8 Å². The zero-order chi connectivity index (χ0) is 12.1. The Labute approximate surface area is 106 Å². The van der Waals surface area contributed by atoms with Gasteiger partial charge in [-0.2, -0.15) is 0 Å². The van der Waals surface area contributed by atoms with Crippen molar-refractivity contribution in [3.63, 3.8) is 0 Å². The summed E-state index contributed by atoms with van der Waals surface area (Å²) in [6, 6.07) is 0. The molecule has 2 atom stereocenters. The van der Waals surface area contributed by atoms with Gasteiger partial charge in [-0.15, -0.1) is 0 Å². The maximum Gasteiger partial charge on any atom is 0.0469 e. The van der Waals surface area contributed by atoms with Crippen LogP contribution >= 0.6 is 0 Å². The molecular weight excluding hydrogens is 210 g/mol. The summed E-state index contributed by atoms with van der Waals surface area (Å²) >= 11 is 0. The van der Waals surface area contributed by atoms with Gasteiger partial charge in [-0.1, -0.05) is 32.6 Å². The number of hydrogen-bond acceptors (Lipinski definition) is 2. The van der Waals surface area contributed by atoms with Crippen LogP contribution in [0.25, 0.3) is 0 Å². The van der Waals surface area contributed by atoms with E-state index in [9.17, 15) is 0 Å². The van der Waals surface area contributed by atoms with Gasteiger partial charge in [-0.25, -0.2) is 0 Å². The zero-order valence-electron chi connectivity index (χ0n) is 11.4. The van der Waals surface area contributed by atoms with Crippen LogP contribution in [0.1, 0.15) is 64.7 Å². The fourth-order valence-corrected chi connectivity index (χ4v) is 3.84. The number of hydrogen-bond donors (Lipinski definition) is 1. The molecule has 0 spiro atoms. The van der Waals surface area contributed by atoms with E-state index >= 15 is 0 Å². The molecule has 0 aromatic carbocycles. The summed E-state index contributed by atoms with van der Waals surface area (Å²) < 4.78 is 5.47. The Kier molecular flexibility index (Phi) is 4.87. The summed E-state index contributed by atoms with van der Waals surface area (Å²) in [6.45, 7) is 4.17. The molecule has 0 aromatic heterocycles. The van der Waals surface area contributed by atoms with Gasteiger partial charge in [0.05, 0.1) is 0 Å². The molecule has 2 unspecified atom stereocenters. The second kappa shape index (κ2) is 6.19. The number of rotatable bonds is 3. The minimum atomic E-state index is 0.131. The molecule has 2 aliphatic rings. The Hall–Kier alpha value is -0.0800. The van der Waals surface area contributed by atoms with E-state index in [1.54, 1.807) is 0 Å². The van der Waals surface area contributed by atoms with Crippen molar-refractivity contribution in [2.45, 2.75) is 70.3 Å². The molecule has 1 saturated carbocycles. The van der Waals surface area contributed by atoms with Crippen LogP contribution < -0.4 is 5.73 Å². The monoisotopic (exact) mass is 239 g/mol. The zero-order valence-corrected chi connectivity index (χ0v) is 11.4. The minimum absolute atomic E-state index is 0.131. The Balaban J connectivity index is 1.90. The van der Waals surface area contributed by atoms with E-state index in [4.69, 9.17) is 10.5 Å². The normalized spacial score (nSPS) is 36.7. The summed E-state index contributed by atoms with van der Waals surface area (Å²) in [5, 5.41) is 0. The molecule has 2 fully saturated rings. The highest BCUT2D eigenvalue weighted by molar-refractivity contribution is 4.94. The molecule has 0 aromatic rings. The predicted molar refractivity (Wildman–Crippen MR) is 71.9 cm³/mol. The average Bonchev–Trinajstić information content (AvgIpc) is 2.55. The summed E-state index contributed by atoms with van der Waals surface area (Å²) in [4.78, 5) is 0. The molecule has 0 radical (unpaired) electrons. The molecular formula is C15H29NO. The maximum atomic E-state index is 6.74. The van der Waals surface area contributed by atoms with E-state index in [1.807, 2.05) is 0 Å². The molecule has 1 heterocycles. The molecule has 17 heavy (non-hydrogen) atoms. The molecule has 0 bridgehead atoms. The second-order valence-corrected chi connectivity index (χ2v) is 6.21. The van der Waals surface area contributed by atoms with Crippen molar-refractivity contribution in [3.05, 3.63) is 0 Å². The first-order valence-electron chi connectivity index (χ1n) is 7.61.